The fraction of sp³-hybridized carbons (Fsp3) is 0.714. The first-order valence-corrected chi connectivity index (χ1v) is 4.81. The molecule has 1 aromatic heterocycles. The van der Waals surface area contributed by atoms with Crippen LogP contribution in [0.4, 0.5) is 5.13 Å². The maximum Gasteiger partial charge on any atom is 0.207 e. The molecule has 2 N–H and O–H groups in total. The molecule has 0 aliphatic rings. The molecule has 68 valence electrons. The molecule has 0 spiro atoms. The van der Waals surface area contributed by atoms with E-state index in [2.05, 4.69) is 15.1 Å². The van der Waals surface area contributed by atoms with E-state index in [0.29, 0.717) is 0 Å². The van der Waals surface area contributed by atoms with Gasteiger partial charge in [-0.15, -0.1) is 10.2 Å². The summed E-state index contributed by atoms with van der Waals surface area (Å²) in [5.74, 6) is 0. The highest BCUT2D eigenvalue weighted by molar-refractivity contribution is 7.13. The van der Waals surface area contributed by atoms with Gasteiger partial charge in [0.15, 0.2) is 0 Å². The van der Waals surface area contributed by atoms with Gasteiger partial charge in [0.05, 0.1) is 0 Å². The van der Waals surface area contributed by atoms with E-state index in [1.54, 1.807) is 16.8 Å². The minimum Gasteiger partial charge on any atom is -0.350 e. The molecule has 5 heteroatoms. The van der Waals surface area contributed by atoms with E-state index in [9.17, 15) is 0 Å². The van der Waals surface area contributed by atoms with Crippen LogP contribution >= 0.6 is 11.3 Å². The van der Waals surface area contributed by atoms with Gasteiger partial charge in [-0.05, 0) is 13.3 Å². The molecule has 1 unspecified atom stereocenters. The van der Waals surface area contributed by atoms with Crippen molar-refractivity contribution < 1.29 is 0 Å². The quantitative estimate of drug-likeness (QED) is 0.752. The smallest absolute Gasteiger partial charge is 0.207 e. The Balaban J connectivity index is 2.34. The number of rotatable bonds is 4. The van der Waals surface area contributed by atoms with Crippen LogP contribution in [-0.2, 0) is 0 Å². The van der Waals surface area contributed by atoms with Crippen molar-refractivity contribution in [1.29, 1.82) is 0 Å². The molecule has 1 atom stereocenters. The normalized spacial score (nSPS) is 12.9. The largest absolute Gasteiger partial charge is 0.350 e. The minimum absolute atomic E-state index is 0.250. The van der Waals surface area contributed by atoms with Gasteiger partial charge in [-0.3, -0.25) is 0 Å². The molecule has 0 fully saturated rings. The molecular formula is C7H14N4S. The summed E-state index contributed by atoms with van der Waals surface area (Å²) in [7, 11) is 2.00. The third-order valence-corrected chi connectivity index (χ3v) is 2.40. The molecule has 0 bridgehead atoms. The van der Waals surface area contributed by atoms with Crippen molar-refractivity contribution in [2.24, 2.45) is 5.73 Å². The summed E-state index contributed by atoms with van der Waals surface area (Å²) in [6.45, 7) is 2.95. The first-order valence-electron chi connectivity index (χ1n) is 3.93. The Kier molecular flexibility index (Phi) is 3.43. The lowest BCUT2D eigenvalue weighted by atomic mass is 10.2. The summed E-state index contributed by atoms with van der Waals surface area (Å²) in [6.07, 6.45) is 0.982. The summed E-state index contributed by atoms with van der Waals surface area (Å²) < 4.78 is 0. The number of anilines is 1. The third-order valence-electron chi connectivity index (χ3n) is 1.59. The van der Waals surface area contributed by atoms with Crippen LogP contribution in [0.15, 0.2) is 5.51 Å². The predicted molar refractivity (Wildman–Crippen MR) is 51.4 cm³/mol. The number of aromatic nitrogens is 2. The highest BCUT2D eigenvalue weighted by Crippen LogP contribution is 2.13. The van der Waals surface area contributed by atoms with Crippen molar-refractivity contribution in [2.75, 3.05) is 18.5 Å². The molecule has 1 rings (SSSR count). The van der Waals surface area contributed by atoms with Crippen LogP contribution in [0, 0.1) is 0 Å². The predicted octanol–water partition coefficient (Wildman–Crippen LogP) is 0.712. The molecule has 1 heterocycles. The molecule has 0 aliphatic heterocycles. The van der Waals surface area contributed by atoms with Crippen LogP contribution in [0.5, 0.6) is 0 Å². The Morgan fingerprint density at radius 3 is 3.00 bits per heavy atom. The summed E-state index contributed by atoms with van der Waals surface area (Å²) in [5, 5.41) is 8.67. The van der Waals surface area contributed by atoms with Gasteiger partial charge in [-0.1, -0.05) is 11.3 Å². The standard InChI is InChI=1S/C7H14N4S/c1-6(8)3-4-11(2)7-10-9-5-12-7/h5-6H,3-4,8H2,1-2H3. The van der Waals surface area contributed by atoms with Gasteiger partial charge in [0.1, 0.15) is 5.51 Å². The Hall–Kier alpha value is -0.680. The fourth-order valence-electron chi connectivity index (χ4n) is 0.826. The van der Waals surface area contributed by atoms with Crippen molar-refractivity contribution in [3.05, 3.63) is 5.51 Å². The minimum atomic E-state index is 0.250. The molecule has 12 heavy (non-hydrogen) atoms. The van der Waals surface area contributed by atoms with E-state index < -0.39 is 0 Å². The highest BCUT2D eigenvalue weighted by atomic mass is 32.1. The number of hydrogen-bond acceptors (Lipinski definition) is 5. The molecule has 0 aromatic carbocycles. The molecule has 4 nitrogen and oxygen atoms in total. The lowest BCUT2D eigenvalue weighted by molar-refractivity contribution is 0.657. The summed E-state index contributed by atoms with van der Waals surface area (Å²) in [6, 6.07) is 0.250. The maximum atomic E-state index is 5.63. The fourth-order valence-corrected chi connectivity index (χ4v) is 1.38. The Morgan fingerprint density at radius 2 is 2.50 bits per heavy atom. The van der Waals surface area contributed by atoms with E-state index >= 15 is 0 Å². The summed E-state index contributed by atoms with van der Waals surface area (Å²) in [5.41, 5.74) is 7.37. The lowest BCUT2D eigenvalue weighted by Crippen LogP contribution is -2.25. The van der Waals surface area contributed by atoms with Gasteiger partial charge in [-0.2, -0.15) is 0 Å². The SMILES string of the molecule is CC(N)CCN(C)c1nncs1. The first-order chi connectivity index (χ1) is 5.70. The third kappa shape index (κ3) is 2.75. The highest BCUT2D eigenvalue weighted by Gasteiger charge is 2.04. The molecule has 0 saturated heterocycles. The summed E-state index contributed by atoms with van der Waals surface area (Å²) in [4.78, 5) is 2.07. The van der Waals surface area contributed by atoms with Crippen molar-refractivity contribution in [3.8, 4) is 0 Å². The van der Waals surface area contributed by atoms with E-state index in [4.69, 9.17) is 5.73 Å². The molecule has 1 aromatic rings. The second-order valence-electron chi connectivity index (χ2n) is 2.91. The zero-order valence-electron chi connectivity index (χ0n) is 7.40. The number of hydrogen-bond donors (Lipinski definition) is 1. The lowest BCUT2D eigenvalue weighted by Gasteiger charge is -2.15. The average molecular weight is 186 g/mol. The van der Waals surface area contributed by atoms with E-state index in [1.807, 2.05) is 14.0 Å². The van der Waals surface area contributed by atoms with E-state index in [1.165, 1.54) is 0 Å². The molecule has 0 aliphatic carbocycles. The van der Waals surface area contributed by atoms with Crippen LogP contribution < -0.4 is 10.6 Å². The van der Waals surface area contributed by atoms with Crippen molar-refractivity contribution >= 4 is 16.5 Å². The van der Waals surface area contributed by atoms with E-state index in [-0.39, 0.29) is 6.04 Å². The zero-order chi connectivity index (χ0) is 8.97. The van der Waals surface area contributed by atoms with Crippen molar-refractivity contribution in [3.63, 3.8) is 0 Å². The van der Waals surface area contributed by atoms with Gasteiger partial charge in [0.2, 0.25) is 5.13 Å². The van der Waals surface area contributed by atoms with Crippen LogP contribution in [-0.4, -0.2) is 29.8 Å². The van der Waals surface area contributed by atoms with Gasteiger partial charge in [0, 0.05) is 19.6 Å². The van der Waals surface area contributed by atoms with Crippen LogP contribution in [0.2, 0.25) is 0 Å². The molecular weight excluding hydrogens is 172 g/mol. The molecule has 0 saturated carbocycles. The van der Waals surface area contributed by atoms with Gasteiger partial charge >= 0.3 is 0 Å². The van der Waals surface area contributed by atoms with Gasteiger partial charge < -0.3 is 10.6 Å². The summed E-state index contributed by atoms with van der Waals surface area (Å²) >= 11 is 1.55. The average Bonchev–Trinajstić information content (AvgIpc) is 2.51. The maximum absolute atomic E-state index is 5.63. The van der Waals surface area contributed by atoms with Crippen LogP contribution in [0.1, 0.15) is 13.3 Å². The Labute approximate surface area is 76.4 Å². The Morgan fingerprint density at radius 1 is 1.75 bits per heavy atom. The molecule has 0 amide bonds. The first kappa shape index (κ1) is 9.41. The number of nitrogens with two attached hydrogens (primary N) is 1. The second kappa shape index (κ2) is 4.37. The van der Waals surface area contributed by atoms with Gasteiger partial charge in [0.25, 0.3) is 0 Å². The van der Waals surface area contributed by atoms with Crippen LogP contribution in [0.25, 0.3) is 0 Å². The van der Waals surface area contributed by atoms with Crippen molar-refractivity contribution in [2.45, 2.75) is 19.4 Å². The van der Waals surface area contributed by atoms with Gasteiger partial charge in [-0.25, -0.2) is 0 Å². The van der Waals surface area contributed by atoms with E-state index in [0.717, 1.165) is 18.1 Å². The van der Waals surface area contributed by atoms with Crippen LogP contribution in [0.3, 0.4) is 0 Å². The topological polar surface area (TPSA) is 55.0 Å². The number of nitrogens with zero attached hydrogens (tertiary/aromatic N) is 3. The molecule has 0 radical (unpaired) electrons. The monoisotopic (exact) mass is 186 g/mol. The van der Waals surface area contributed by atoms with Crippen molar-refractivity contribution in [1.82, 2.24) is 10.2 Å². The second-order valence-corrected chi connectivity index (χ2v) is 3.72. The zero-order valence-corrected chi connectivity index (χ0v) is 8.21. The Bertz CT molecular complexity index is 209.